The Morgan fingerprint density at radius 3 is 2.50 bits per heavy atom. The molecule has 0 unspecified atom stereocenters. The van der Waals surface area contributed by atoms with Gasteiger partial charge in [0.25, 0.3) is 0 Å². The summed E-state index contributed by atoms with van der Waals surface area (Å²) >= 11 is 0. The maximum absolute atomic E-state index is 13.5. The van der Waals surface area contributed by atoms with E-state index in [0.717, 1.165) is 33.9 Å². The number of ether oxygens (including phenoxy) is 3. The van der Waals surface area contributed by atoms with Gasteiger partial charge in [-0.2, -0.15) is 0 Å². The predicted octanol–water partition coefficient (Wildman–Crippen LogP) is 4.93. The summed E-state index contributed by atoms with van der Waals surface area (Å²) in [6.45, 7) is 0.413. The quantitative estimate of drug-likeness (QED) is 0.500. The third kappa shape index (κ3) is 4.15. The monoisotopic (exact) mass is 486 g/mol. The molecule has 3 aromatic rings. The van der Waals surface area contributed by atoms with Crippen LogP contribution in [0.3, 0.4) is 0 Å². The lowest BCUT2D eigenvalue weighted by atomic mass is 9.88. The number of hydrogen-bond donors (Lipinski definition) is 1. The van der Waals surface area contributed by atoms with E-state index in [1.807, 2.05) is 47.4 Å². The molecule has 0 aromatic heterocycles. The number of nitrogens with one attached hydrogen (secondary N) is 1. The lowest BCUT2D eigenvalue weighted by Crippen LogP contribution is -2.50. The molecule has 2 heterocycles. The van der Waals surface area contributed by atoms with Crippen molar-refractivity contribution < 1.29 is 23.8 Å². The van der Waals surface area contributed by atoms with Crippen molar-refractivity contribution >= 4 is 28.3 Å². The van der Waals surface area contributed by atoms with Crippen molar-refractivity contribution in [1.29, 1.82) is 0 Å². The molecule has 2 bridgehead atoms. The molecular formula is C29H30N2O5. The predicted molar refractivity (Wildman–Crippen MR) is 138 cm³/mol. The molecule has 0 saturated carbocycles. The summed E-state index contributed by atoms with van der Waals surface area (Å²) in [5.41, 5.74) is 3.37. The molecule has 3 aromatic carbocycles. The number of amides is 2. The number of benzene rings is 3. The second-order valence-electron chi connectivity index (χ2n) is 9.11. The number of methoxy groups -OCH3 is 3. The van der Waals surface area contributed by atoms with Gasteiger partial charge in [-0.3, -0.25) is 0 Å². The maximum atomic E-state index is 13.5. The van der Waals surface area contributed by atoms with Crippen molar-refractivity contribution in [2.45, 2.75) is 37.9 Å². The Morgan fingerprint density at radius 1 is 0.944 bits per heavy atom. The van der Waals surface area contributed by atoms with E-state index >= 15 is 0 Å². The van der Waals surface area contributed by atoms with Gasteiger partial charge in [0.2, 0.25) is 0 Å². The Hall–Kier alpha value is -4.00. The zero-order chi connectivity index (χ0) is 25.2. The summed E-state index contributed by atoms with van der Waals surface area (Å²) < 4.78 is 16.0. The van der Waals surface area contributed by atoms with Gasteiger partial charge in [0.15, 0.2) is 11.5 Å². The summed E-state index contributed by atoms with van der Waals surface area (Å²) in [7, 11) is 4.56. The molecule has 5 rings (SSSR count). The van der Waals surface area contributed by atoms with E-state index in [2.05, 4.69) is 23.5 Å². The van der Waals surface area contributed by atoms with Crippen LogP contribution in [0.5, 0.6) is 11.5 Å². The Morgan fingerprint density at radius 2 is 1.72 bits per heavy atom. The molecule has 0 radical (unpaired) electrons. The maximum Gasteiger partial charge on any atom is 0.336 e. The Bertz CT molecular complexity index is 1340. The average molecular weight is 487 g/mol. The van der Waals surface area contributed by atoms with E-state index in [4.69, 9.17) is 14.2 Å². The minimum atomic E-state index is -0.406. The van der Waals surface area contributed by atoms with E-state index in [0.29, 0.717) is 36.5 Å². The Balaban J connectivity index is 1.44. The van der Waals surface area contributed by atoms with Crippen LogP contribution in [0.15, 0.2) is 66.2 Å². The van der Waals surface area contributed by atoms with Crippen LogP contribution in [0.1, 0.15) is 30.4 Å². The molecule has 2 aliphatic heterocycles. The number of nitrogens with zero attached hydrogens (tertiary/aromatic N) is 1. The lowest BCUT2D eigenvalue weighted by molar-refractivity contribution is -0.136. The summed E-state index contributed by atoms with van der Waals surface area (Å²) in [6.07, 6.45) is 2.11. The molecule has 1 saturated heterocycles. The fourth-order valence-corrected chi connectivity index (χ4v) is 5.60. The molecule has 7 heteroatoms. The zero-order valence-corrected chi connectivity index (χ0v) is 20.7. The van der Waals surface area contributed by atoms with Gasteiger partial charge in [0.1, 0.15) is 0 Å². The van der Waals surface area contributed by atoms with Crippen LogP contribution in [0.25, 0.3) is 16.3 Å². The largest absolute Gasteiger partial charge is 0.493 e. The highest BCUT2D eigenvalue weighted by molar-refractivity contribution is 6.01. The van der Waals surface area contributed by atoms with Crippen molar-refractivity contribution in [3.05, 3.63) is 77.4 Å². The molecule has 36 heavy (non-hydrogen) atoms. The first kappa shape index (κ1) is 23.7. The average Bonchev–Trinajstić information content (AvgIpc) is 3.23. The lowest BCUT2D eigenvalue weighted by Gasteiger charge is -2.37. The van der Waals surface area contributed by atoms with E-state index in [-0.39, 0.29) is 18.1 Å². The summed E-state index contributed by atoms with van der Waals surface area (Å²) in [4.78, 5) is 28.3. The number of hydrogen-bond acceptors (Lipinski definition) is 5. The van der Waals surface area contributed by atoms with Gasteiger partial charge in [-0.25, -0.2) is 9.59 Å². The molecule has 2 amide bonds. The molecule has 1 N–H and O–H groups in total. The van der Waals surface area contributed by atoms with Crippen LogP contribution >= 0.6 is 0 Å². The topological polar surface area (TPSA) is 77.1 Å². The first-order chi connectivity index (χ1) is 17.5. The molecule has 1 fully saturated rings. The van der Waals surface area contributed by atoms with E-state index < -0.39 is 5.97 Å². The number of urea groups is 1. The molecule has 2 aliphatic rings. The highest BCUT2D eigenvalue weighted by Crippen LogP contribution is 2.44. The van der Waals surface area contributed by atoms with Crippen molar-refractivity contribution in [2.24, 2.45) is 0 Å². The van der Waals surface area contributed by atoms with Crippen LogP contribution in [0.2, 0.25) is 0 Å². The van der Waals surface area contributed by atoms with Gasteiger partial charge in [0.05, 0.1) is 32.9 Å². The van der Waals surface area contributed by atoms with Gasteiger partial charge in [-0.15, -0.1) is 0 Å². The van der Waals surface area contributed by atoms with Crippen LogP contribution in [-0.2, 0) is 16.1 Å². The Kier molecular flexibility index (Phi) is 6.55. The van der Waals surface area contributed by atoms with E-state index in [1.165, 1.54) is 7.11 Å². The third-order valence-electron chi connectivity index (χ3n) is 7.28. The fraction of sp³-hybridized carbons (Fsp3) is 0.310. The normalized spacial score (nSPS) is 18.8. The summed E-state index contributed by atoms with van der Waals surface area (Å²) in [6, 6.07) is 19.4. The highest BCUT2D eigenvalue weighted by atomic mass is 16.5. The smallest absolute Gasteiger partial charge is 0.336 e. The highest BCUT2D eigenvalue weighted by Gasteiger charge is 2.46. The van der Waals surface area contributed by atoms with E-state index in [1.54, 1.807) is 14.2 Å². The van der Waals surface area contributed by atoms with Crippen LogP contribution in [0.4, 0.5) is 4.79 Å². The van der Waals surface area contributed by atoms with Gasteiger partial charge in [-0.1, -0.05) is 48.5 Å². The molecule has 186 valence electrons. The van der Waals surface area contributed by atoms with Gasteiger partial charge >= 0.3 is 12.0 Å². The second-order valence-corrected chi connectivity index (χ2v) is 9.11. The van der Waals surface area contributed by atoms with Crippen LogP contribution < -0.4 is 14.8 Å². The number of rotatable bonds is 6. The van der Waals surface area contributed by atoms with Crippen molar-refractivity contribution in [3.8, 4) is 11.5 Å². The molecular weight excluding hydrogens is 456 g/mol. The molecule has 0 aliphatic carbocycles. The number of carbonyl (C=O) groups excluding carboxylic acids is 2. The first-order valence-electron chi connectivity index (χ1n) is 12.1. The molecule has 7 nitrogen and oxygen atoms in total. The van der Waals surface area contributed by atoms with Gasteiger partial charge in [-0.05, 0) is 58.9 Å². The van der Waals surface area contributed by atoms with Gasteiger partial charge < -0.3 is 24.4 Å². The summed E-state index contributed by atoms with van der Waals surface area (Å²) in [5, 5.41) is 5.36. The van der Waals surface area contributed by atoms with Crippen molar-refractivity contribution in [2.75, 3.05) is 21.3 Å². The number of carbonyl (C=O) groups is 2. The Labute approximate surface area is 210 Å². The van der Waals surface area contributed by atoms with E-state index in [9.17, 15) is 9.59 Å². The van der Waals surface area contributed by atoms with Crippen LogP contribution in [-0.4, -0.2) is 50.3 Å². The fourth-order valence-electron chi connectivity index (χ4n) is 5.60. The van der Waals surface area contributed by atoms with Gasteiger partial charge in [0, 0.05) is 12.6 Å². The van der Waals surface area contributed by atoms with Crippen molar-refractivity contribution in [1.82, 2.24) is 10.2 Å². The first-order valence-corrected chi connectivity index (χ1v) is 12.1. The zero-order valence-electron chi connectivity index (χ0n) is 20.7. The minimum absolute atomic E-state index is 0.000907. The molecule has 0 spiro atoms. The standard InChI is InChI=1S/C29H30N2O5/c1-34-25-14-11-19(15-26(25)35-2)23-16-21-12-13-24(27(23)28(32)36-3)31(21)29(33)30-17-20-9-6-8-18-7-4-5-10-22(18)20/h4-11,14-15,21,24H,12-13,16-17H2,1-3H3,(H,30,33)/t21-,24+/m0/s1. The second kappa shape index (κ2) is 9.93. The van der Waals surface area contributed by atoms with Crippen LogP contribution in [0, 0.1) is 0 Å². The van der Waals surface area contributed by atoms with Crippen molar-refractivity contribution in [3.63, 3.8) is 0 Å². The third-order valence-corrected chi connectivity index (χ3v) is 7.28. The number of fused-ring (bicyclic) bond motifs is 3. The summed E-state index contributed by atoms with van der Waals surface area (Å²) in [5.74, 6) is 0.806. The molecule has 2 atom stereocenters. The SMILES string of the molecule is COC(=O)C1=C(c2ccc(OC)c(OC)c2)C[C@@H]2CC[C@H]1N2C(=O)NCc1cccc2ccccc12. The number of esters is 1. The minimum Gasteiger partial charge on any atom is -0.493 e.